The van der Waals surface area contributed by atoms with E-state index < -0.39 is 24.2 Å². The lowest BCUT2D eigenvalue weighted by Crippen LogP contribution is -2.48. The molecule has 0 aliphatic heterocycles. The van der Waals surface area contributed by atoms with Crippen molar-refractivity contribution < 1.29 is 20.1 Å². The second-order valence-corrected chi connectivity index (χ2v) is 18.4. The lowest BCUT2D eigenvalue weighted by Gasteiger charge is -2.21. The fourth-order valence-electron chi connectivity index (χ4n) is 8.15. The average Bonchev–Trinajstić information content (AvgIpc) is 3.26. The first-order valence-corrected chi connectivity index (χ1v) is 27.0. The number of aliphatic hydroxyl groups is 3. The van der Waals surface area contributed by atoms with Crippen LogP contribution in [0.25, 0.3) is 0 Å². The Morgan fingerprint density at radius 3 is 1.00 bits per heavy atom. The fraction of sp³-hybridized carbons (Fsp3) is 0.839. The summed E-state index contributed by atoms with van der Waals surface area (Å²) in [6.45, 7) is 4.19. The molecule has 358 valence electrons. The summed E-state index contributed by atoms with van der Waals surface area (Å²) in [5, 5.41) is 33.3. The van der Waals surface area contributed by atoms with E-state index in [0.29, 0.717) is 6.42 Å². The molecule has 0 fully saturated rings. The van der Waals surface area contributed by atoms with Crippen LogP contribution in [0.15, 0.2) is 48.6 Å². The molecule has 0 saturated carbocycles. The van der Waals surface area contributed by atoms with E-state index in [2.05, 4.69) is 55.6 Å². The second-order valence-electron chi connectivity index (χ2n) is 18.4. The molecule has 0 rings (SSSR count). The quantitative estimate of drug-likeness (QED) is 0.0362. The van der Waals surface area contributed by atoms with E-state index >= 15 is 0 Å². The summed E-state index contributed by atoms with van der Waals surface area (Å²) >= 11 is 0. The average molecular weight is 856 g/mol. The Hall–Kier alpha value is -1.69. The van der Waals surface area contributed by atoms with E-state index in [1.165, 1.54) is 212 Å². The van der Waals surface area contributed by atoms with Gasteiger partial charge in [-0.2, -0.15) is 0 Å². The summed E-state index contributed by atoms with van der Waals surface area (Å²) in [5.74, 6) is -0.516. The maximum absolute atomic E-state index is 12.5. The predicted molar refractivity (Wildman–Crippen MR) is 268 cm³/mol. The summed E-state index contributed by atoms with van der Waals surface area (Å²) in [6, 6.07) is -0.823. The Bertz CT molecular complexity index is 989. The SMILES string of the molecule is CCCCCCCCCCCC/C=C/CC/C=C/CC/C=C/C(O)C(CO)NC(=O)C(O)CCCCCCCCCCCCC/C=C\CCCCCCCCCCCCCC. The molecule has 0 aromatic carbocycles. The van der Waals surface area contributed by atoms with Crippen molar-refractivity contribution in [2.45, 2.75) is 295 Å². The first-order valence-electron chi connectivity index (χ1n) is 27.0. The third kappa shape index (κ3) is 46.1. The molecule has 0 radical (unpaired) electrons. The molecule has 0 saturated heterocycles. The summed E-state index contributed by atoms with van der Waals surface area (Å²) in [5.41, 5.74) is 0. The first-order chi connectivity index (χ1) is 30.1. The van der Waals surface area contributed by atoms with Crippen LogP contribution in [0.5, 0.6) is 0 Å². The van der Waals surface area contributed by atoms with Crippen molar-refractivity contribution in [3.05, 3.63) is 48.6 Å². The smallest absolute Gasteiger partial charge is 0.249 e. The topological polar surface area (TPSA) is 89.8 Å². The second kappa shape index (κ2) is 50.9. The van der Waals surface area contributed by atoms with Crippen molar-refractivity contribution in [2.75, 3.05) is 6.61 Å². The molecule has 0 aromatic heterocycles. The van der Waals surface area contributed by atoms with Gasteiger partial charge in [-0.1, -0.05) is 255 Å². The Labute approximate surface area is 380 Å². The zero-order chi connectivity index (χ0) is 44.4. The molecule has 4 N–H and O–H groups in total. The number of rotatable bonds is 49. The maximum atomic E-state index is 12.5. The lowest BCUT2D eigenvalue weighted by atomic mass is 10.0. The summed E-state index contributed by atoms with van der Waals surface area (Å²) < 4.78 is 0. The van der Waals surface area contributed by atoms with E-state index in [9.17, 15) is 20.1 Å². The zero-order valence-electron chi connectivity index (χ0n) is 40.8. The highest BCUT2D eigenvalue weighted by atomic mass is 16.3. The van der Waals surface area contributed by atoms with Gasteiger partial charge in [0.15, 0.2) is 0 Å². The van der Waals surface area contributed by atoms with Crippen LogP contribution in [0.3, 0.4) is 0 Å². The van der Waals surface area contributed by atoms with Crippen molar-refractivity contribution in [3.8, 4) is 0 Å². The summed E-state index contributed by atoms with van der Waals surface area (Å²) in [4.78, 5) is 12.5. The van der Waals surface area contributed by atoms with Crippen molar-refractivity contribution in [1.82, 2.24) is 5.32 Å². The molecule has 0 aliphatic rings. The zero-order valence-corrected chi connectivity index (χ0v) is 40.8. The van der Waals surface area contributed by atoms with E-state index in [4.69, 9.17) is 0 Å². The van der Waals surface area contributed by atoms with Crippen molar-refractivity contribution >= 4 is 5.91 Å². The molecule has 0 aliphatic carbocycles. The highest BCUT2D eigenvalue weighted by molar-refractivity contribution is 5.80. The van der Waals surface area contributed by atoms with Gasteiger partial charge in [0.25, 0.3) is 0 Å². The number of allylic oxidation sites excluding steroid dienone is 7. The summed E-state index contributed by atoms with van der Waals surface area (Å²) in [6.07, 6.45) is 67.5. The van der Waals surface area contributed by atoms with Crippen LogP contribution < -0.4 is 5.32 Å². The normalized spacial score (nSPS) is 13.7. The van der Waals surface area contributed by atoms with Crippen LogP contribution in [0.4, 0.5) is 0 Å². The predicted octanol–water partition coefficient (Wildman–Crippen LogP) is 16.4. The van der Waals surface area contributed by atoms with Gasteiger partial charge in [0, 0.05) is 0 Å². The van der Waals surface area contributed by atoms with Crippen LogP contribution in [-0.2, 0) is 4.79 Å². The minimum Gasteiger partial charge on any atom is -0.394 e. The number of carbonyl (C=O) groups excluding carboxylic acids is 1. The van der Waals surface area contributed by atoms with E-state index in [1.54, 1.807) is 6.08 Å². The number of unbranched alkanes of at least 4 members (excludes halogenated alkanes) is 35. The van der Waals surface area contributed by atoms with Gasteiger partial charge >= 0.3 is 0 Å². The minimum absolute atomic E-state index is 0.381. The Morgan fingerprint density at radius 1 is 0.393 bits per heavy atom. The van der Waals surface area contributed by atoms with E-state index in [-0.39, 0.29) is 6.61 Å². The van der Waals surface area contributed by atoms with Gasteiger partial charge in [0.05, 0.1) is 18.8 Å². The van der Waals surface area contributed by atoms with Crippen LogP contribution in [0, 0.1) is 0 Å². The molecule has 0 aromatic rings. The molecular formula is C56H105NO4. The van der Waals surface area contributed by atoms with Crippen molar-refractivity contribution in [1.29, 1.82) is 0 Å². The van der Waals surface area contributed by atoms with Gasteiger partial charge in [0.2, 0.25) is 5.91 Å². The fourth-order valence-corrected chi connectivity index (χ4v) is 8.15. The number of nitrogens with one attached hydrogen (secondary N) is 1. The van der Waals surface area contributed by atoms with Crippen molar-refractivity contribution in [3.63, 3.8) is 0 Å². The van der Waals surface area contributed by atoms with E-state index in [1.807, 2.05) is 6.08 Å². The molecule has 0 spiro atoms. The van der Waals surface area contributed by atoms with Gasteiger partial charge in [-0.3, -0.25) is 4.79 Å². The monoisotopic (exact) mass is 856 g/mol. The molecule has 3 atom stereocenters. The number of hydrogen-bond acceptors (Lipinski definition) is 4. The molecule has 0 heterocycles. The molecular weight excluding hydrogens is 751 g/mol. The number of amides is 1. The maximum Gasteiger partial charge on any atom is 0.249 e. The number of carbonyl (C=O) groups is 1. The number of hydrogen-bond donors (Lipinski definition) is 4. The Kier molecular flexibility index (Phi) is 49.5. The van der Waals surface area contributed by atoms with Gasteiger partial charge in [-0.05, 0) is 70.6 Å². The molecule has 5 nitrogen and oxygen atoms in total. The van der Waals surface area contributed by atoms with Crippen molar-refractivity contribution in [2.24, 2.45) is 0 Å². The third-order valence-corrected chi connectivity index (χ3v) is 12.4. The van der Waals surface area contributed by atoms with Crippen LogP contribution >= 0.6 is 0 Å². The van der Waals surface area contributed by atoms with Crippen LogP contribution in [0.1, 0.15) is 277 Å². The summed E-state index contributed by atoms with van der Waals surface area (Å²) in [7, 11) is 0. The molecule has 1 amide bonds. The third-order valence-electron chi connectivity index (χ3n) is 12.4. The van der Waals surface area contributed by atoms with Gasteiger partial charge in [0.1, 0.15) is 6.10 Å². The van der Waals surface area contributed by atoms with Gasteiger partial charge in [-0.25, -0.2) is 0 Å². The van der Waals surface area contributed by atoms with Crippen LogP contribution in [0.2, 0.25) is 0 Å². The molecule has 5 heteroatoms. The first kappa shape index (κ1) is 59.3. The van der Waals surface area contributed by atoms with Crippen LogP contribution in [-0.4, -0.2) is 46.1 Å². The number of aliphatic hydroxyl groups excluding tert-OH is 3. The lowest BCUT2D eigenvalue weighted by molar-refractivity contribution is -0.131. The molecule has 61 heavy (non-hydrogen) atoms. The minimum atomic E-state index is -1.11. The van der Waals surface area contributed by atoms with Gasteiger partial charge < -0.3 is 20.6 Å². The highest BCUT2D eigenvalue weighted by Gasteiger charge is 2.22. The standard InChI is InChI=1S/C56H105NO4/c1-3-5-7-9-11-13-15-17-19-21-23-25-26-27-28-29-30-31-33-35-37-39-41-43-45-47-49-51-55(60)56(61)57-53(52-58)54(59)50-48-46-44-42-40-38-36-34-32-24-22-20-18-16-14-12-10-8-6-4-2/h27-28,32,34,40,42,48,50,53-55,58-60H,3-26,29-31,33,35-39,41,43-47,49,51-52H2,1-2H3,(H,57,61)/b28-27-,34-32+,42-40+,50-48+. The molecule has 0 bridgehead atoms. The Morgan fingerprint density at radius 2 is 0.672 bits per heavy atom. The van der Waals surface area contributed by atoms with Gasteiger partial charge in [-0.15, -0.1) is 0 Å². The highest BCUT2D eigenvalue weighted by Crippen LogP contribution is 2.16. The Balaban J connectivity index is 3.64. The van der Waals surface area contributed by atoms with E-state index in [0.717, 1.165) is 44.9 Å². The largest absolute Gasteiger partial charge is 0.394 e. The molecule has 3 unspecified atom stereocenters.